The maximum atomic E-state index is 13.3. The van der Waals surface area contributed by atoms with E-state index < -0.39 is 0 Å². The molecule has 0 fully saturated rings. The number of halogens is 1. The van der Waals surface area contributed by atoms with Crippen molar-refractivity contribution in [2.24, 2.45) is 0 Å². The van der Waals surface area contributed by atoms with Crippen LogP contribution in [0.3, 0.4) is 0 Å². The molecule has 1 heterocycles. The van der Waals surface area contributed by atoms with E-state index in [-0.39, 0.29) is 11.8 Å². The van der Waals surface area contributed by atoms with Gasteiger partial charge in [0.1, 0.15) is 5.82 Å². The summed E-state index contributed by atoms with van der Waals surface area (Å²) < 4.78 is 18.8. The fraction of sp³-hybridized carbons (Fsp3) is 0.357. The summed E-state index contributed by atoms with van der Waals surface area (Å²) in [6, 6.07) is 5.01. The highest BCUT2D eigenvalue weighted by atomic mass is 19.1. The van der Waals surface area contributed by atoms with Crippen LogP contribution >= 0.6 is 0 Å². The minimum absolute atomic E-state index is 0.251. The molecule has 0 atom stereocenters. The summed E-state index contributed by atoms with van der Waals surface area (Å²) in [7, 11) is 1.72. The Bertz CT molecular complexity index is 604. The van der Waals surface area contributed by atoms with E-state index in [4.69, 9.17) is 4.74 Å². The van der Waals surface area contributed by atoms with E-state index in [1.165, 1.54) is 6.07 Å². The van der Waals surface area contributed by atoms with Crippen molar-refractivity contribution >= 4 is 5.95 Å². The number of nitrogens with zero attached hydrogens (tertiary/aromatic N) is 3. The smallest absolute Gasteiger partial charge is 0.321 e. The third-order valence-electron chi connectivity index (χ3n) is 2.69. The lowest BCUT2D eigenvalue weighted by molar-refractivity contribution is 0.292. The summed E-state index contributed by atoms with van der Waals surface area (Å²) in [6.07, 6.45) is 0.867. The van der Waals surface area contributed by atoms with Gasteiger partial charge in [-0.25, -0.2) is 4.39 Å². The number of hydrogen-bond donors (Lipinski definition) is 1. The van der Waals surface area contributed by atoms with E-state index in [0.29, 0.717) is 23.9 Å². The van der Waals surface area contributed by atoms with Gasteiger partial charge in [0.25, 0.3) is 0 Å². The molecule has 0 unspecified atom stereocenters. The standard InChI is InChI=1S/C14H17FN4O/c1-4-7-20-14-18-12(17-13(16-3)19-14)10-5-6-11(15)9(2)8-10/h5-6,8H,4,7H2,1-3H3,(H,16,17,18,19). The minimum Gasteiger partial charge on any atom is -0.463 e. The molecule has 0 aliphatic heterocycles. The van der Waals surface area contributed by atoms with Gasteiger partial charge in [0, 0.05) is 12.6 Å². The van der Waals surface area contributed by atoms with Crippen molar-refractivity contribution in [2.45, 2.75) is 20.3 Å². The van der Waals surface area contributed by atoms with Gasteiger partial charge >= 0.3 is 6.01 Å². The Kier molecular flexibility index (Phi) is 4.45. The van der Waals surface area contributed by atoms with Crippen LogP contribution < -0.4 is 10.1 Å². The van der Waals surface area contributed by atoms with Crippen molar-refractivity contribution in [1.29, 1.82) is 0 Å². The van der Waals surface area contributed by atoms with Crippen LogP contribution in [0.15, 0.2) is 18.2 Å². The number of aryl methyl sites for hydroxylation is 1. The Labute approximate surface area is 117 Å². The maximum absolute atomic E-state index is 13.3. The van der Waals surface area contributed by atoms with E-state index in [1.54, 1.807) is 26.1 Å². The topological polar surface area (TPSA) is 59.9 Å². The summed E-state index contributed by atoms with van der Waals surface area (Å²) in [6.45, 7) is 4.24. The largest absolute Gasteiger partial charge is 0.463 e. The normalized spacial score (nSPS) is 10.4. The minimum atomic E-state index is -0.251. The fourth-order valence-electron chi connectivity index (χ4n) is 1.64. The molecule has 20 heavy (non-hydrogen) atoms. The van der Waals surface area contributed by atoms with Gasteiger partial charge in [-0.2, -0.15) is 15.0 Å². The van der Waals surface area contributed by atoms with Crippen LogP contribution in [-0.2, 0) is 0 Å². The molecule has 6 heteroatoms. The molecule has 1 aromatic carbocycles. The van der Waals surface area contributed by atoms with E-state index in [9.17, 15) is 4.39 Å². The third-order valence-corrected chi connectivity index (χ3v) is 2.69. The molecule has 1 N–H and O–H groups in total. The van der Waals surface area contributed by atoms with Crippen LogP contribution in [0, 0.1) is 12.7 Å². The van der Waals surface area contributed by atoms with Crippen molar-refractivity contribution in [2.75, 3.05) is 19.0 Å². The Balaban J connectivity index is 2.41. The van der Waals surface area contributed by atoms with E-state index in [2.05, 4.69) is 20.3 Å². The van der Waals surface area contributed by atoms with Crippen molar-refractivity contribution in [3.8, 4) is 17.4 Å². The maximum Gasteiger partial charge on any atom is 0.321 e. The van der Waals surface area contributed by atoms with Crippen molar-refractivity contribution < 1.29 is 9.13 Å². The van der Waals surface area contributed by atoms with Crippen LogP contribution in [-0.4, -0.2) is 28.6 Å². The van der Waals surface area contributed by atoms with Gasteiger partial charge in [-0.3, -0.25) is 0 Å². The zero-order valence-corrected chi connectivity index (χ0v) is 11.8. The molecule has 0 saturated heterocycles. The van der Waals surface area contributed by atoms with Gasteiger partial charge in [-0.1, -0.05) is 6.92 Å². The Morgan fingerprint density at radius 3 is 2.70 bits per heavy atom. The Hall–Kier alpha value is -2.24. The molecule has 0 aliphatic carbocycles. The molecule has 1 aromatic heterocycles. The van der Waals surface area contributed by atoms with E-state index in [1.807, 2.05) is 6.92 Å². The SMILES string of the molecule is CCCOc1nc(NC)nc(-c2ccc(F)c(C)c2)n1. The number of aromatic nitrogens is 3. The van der Waals surface area contributed by atoms with Gasteiger partial charge < -0.3 is 10.1 Å². The lowest BCUT2D eigenvalue weighted by atomic mass is 10.1. The first-order chi connectivity index (χ1) is 9.63. The molecule has 106 valence electrons. The van der Waals surface area contributed by atoms with Crippen molar-refractivity contribution in [3.05, 3.63) is 29.6 Å². The number of ether oxygens (including phenoxy) is 1. The molecule has 5 nitrogen and oxygen atoms in total. The van der Waals surface area contributed by atoms with Gasteiger partial charge in [-0.15, -0.1) is 0 Å². The average molecular weight is 276 g/mol. The van der Waals surface area contributed by atoms with Gasteiger partial charge in [0.05, 0.1) is 6.61 Å². The average Bonchev–Trinajstić information content (AvgIpc) is 2.47. The van der Waals surface area contributed by atoms with Gasteiger partial charge in [-0.05, 0) is 37.1 Å². The van der Waals surface area contributed by atoms with E-state index in [0.717, 1.165) is 12.0 Å². The Morgan fingerprint density at radius 1 is 1.25 bits per heavy atom. The molecule has 0 aliphatic rings. The molecule has 0 amide bonds. The summed E-state index contributed by atoms with van der Waals surface area (Å²) >= 11 is 0. The quantitative estimate of drug-likeness (QED) is 0.910. The highest BCUT2D eigenvalue weighted by Crippen LogP contribution is 2.21. The zero-order chi connectivity index (χ0) is 14.5. The predicted molar refractivity (Wildman–Crippen MR) is 75.3 cm³/mol. The summed E-state index contributed by atoms with van der Waals surface area (Å²) in [5.41, 5.74) is 1.27. The number of anilines is 1. The van der Waals surface area contributed by atoms with Crippen LogP contribution in [0.1, 0.15) is 18.9 Å². The molecule has 0 saturated carbocycles. The first-order valence-electron chi connectivity index (χ1n) is 6.47. The number of nitrogens with one attached hydrogen (secondary N) is 1. The Morgan fingerprint density at radius 2 is 2.05 bits per heavy atom. The number of rotatable bonds is 5. The van der Waals surface area contributed by atoms with Crippen molar-refractivity contribution in [3.63, 3.8) is 0 Å². The molecular weight excluding hydrogens is 259 g/mol. The molecule has 0 radical (unpaired) electrons. The second-order valence-electron chi connectivity index (χ2n) is 4.33. The van der Waals surface area contributed by atoms with Gasteiger partial charge in [0.2, 0.25) is 5.95 Å². The van der Waals surface area contributed by atoms with Crippen LogP contribution in [0.5, 0.6) is 6.01 Å². The first-order valence-corrected chi connectivity index (χ1v) is 6.47. The molecule has 2 rings (SSSR count). The monoisotopic (exact) mass is 276 g/mol. The first kappa shape index (κ1) is 14.2. The second kappa shape index (κ2) is 6.27. The zero-order valence-electron chi connectivity index (χ0n) is 11.8. The van der Waals surface area contributed by atoms with Crippen LogP contribution in [0.25, 0.3) is 11.4 Å². The van der Waals surface area contributed by atoms with Crippen LogP contribution in [0.2, 0.25) is 0 Å². The fourth-order valence-corrected chi connectivity index (χ4v) is 1.64. The highest BCUT2D eigenvalue weighted by Gasteiger charge is 2.10. The molecular formula is C14H17FN4O. The summed E-state index contributed by atoms with van der Waals surface area (Å²) in [5.74, 6) is 0.626. The number of hydrogen-bond acceptors (Lipinski definition) is 5. The lowest BCUT2D eigenvalue weighted by Crippen LogP contribution is -2.06. The lowest BCUT2D eigenvalue weighted by Gasteiger charge is -2.08. The number of benzene rings is 1. The van der Waals surface area contributed by atoms with Crippen LogP contribution in [0.4, 0.5) is 10.3 Å². The highest BCUT2D eigenvalue weighted by molar-refractivity contribution is 5.57. The van der Waals surface area contributed by atoms with Crippen molar-refractivity contribution in [1.82, 2.24) is 15.0 Å². The molecule has 2 aromatic rings. The van der Waals surface area contributed by atoms with E-state index >= 15 is 0 Å². The third kappa shape index (κ3) is 3.20. The summed E-state index contributed by atoms with van der Waals surface area (Å²) in [4.78, 5) is 12.6. The molecule has 0 spiro atoms. The van der Waals surface area contributed by atoms with Gasteiger partial charge in [0.15, 0.2) is 5.82 Å². The molecule has 0 bridgehead atoms. The predicted octanol–water partition coefficient (Wildman–Crippen LogP) is 2.82. The summed E-state index contributed by atoms with van der Waals surface area (Å²) in [5, 5.41) is 2.86. The second-order valence-corrected chi connectivity index (χ2v) is 4.33.